The van der Waals surface area contributed by atoms with Gasteiger partial charge in [-0.25, -0.2) is 0 Å². The number of hydrogen-bond donors (Lipinski definition) is 1. The molecule has 1 aromatic heterocycles. The molecule has 0 aliphatic carbocycles. The summed E-state index contributed by atoms with van der Waals surface area (Å²) in [6.45, 7) is 8.21. The first kappa shape index (κ1) is 20.9. The average Bonchev–Trinajstić information content (AvgIpc) is 3.01. The fourth-order valence-corrected chi connectivity index (χ4v) is 3.46. The number of carbonyl (C=O) groups is 1. The van der Waals surface area contributed by atoms with Gasteiger partial charge in [-0.05, 0) is 86.9 Å². The Morgan fingerprint density at radius 1 is 1.10 bits per heavy atom. The number of methoxy groups -OCH3 is 1. The van der Waals surface area contributed by atoms with Gasteiger partial charge in [-0.1, -0.05) is 12.1 Å². The summed E-state index contributed by atoms with van der Waals surface area (Å²) in [5.74, 6) is 0.252. The van der Waals surface area contributed by atoms with Crippen LogP contribution in [0.25, 0.3) is 11.8 Å². The molecule has 0 saturated heterocycles. The summed E-state index contributed by atoms with van der Waals surface area (Å²) in [6, 6.07) is 17.2. The van der Waals surface area contributed by atoms with Gasteiger partial charge in [0.05, 0.1) is 7.11 Å². The quantitative estimate of drug-likeness (QED) is 0.470. The van der Waals surface area contributed by atoms with Crippen LogP contribution in [0.1, 0.15) is 28.1 Å². The molecule has 0 unspecified atom stereocenters. The predicted molar refractivity (Wildman–Crippen MR) is 120 cm³/mol. The molecule has 3 rings (SSSR count). The number of rotatable bonds is 5. The van der Waals surface area contributed by atoms with Crippen molar-refractivity contribution in [3.8, 4) is 17.5 Å². The Hall–Kier alpha value is -3.78. The third-order valence-corrected chi connectivity index (χ3v) is 5.30. The van der Waals surface area contributed by atoms with E-state index >= 15 is 0 Å². The highest BCUT2D eigenvalue weighted by molar-refractivity contribution is 6.09. The van der Waals surface area contributed by atoms with Gasteiger partial charge in [-0.3, -0.25) is 4.79 Å². The lowest BCUT2D eigenvalue weighted by atomic mass is 10.1. The topological polar surface area (TPSA) is 67.0 Å². The second kappa shape index (κ2) is 8.71. The number of nitrogens with zero attached hydrogens (tertiary/aromatic N) is 2. The van der Waals surface area contributed by atoms with Crippen molar-refractivity contribution in [2.75, 3.05) is 12.4 Å². The van der Waals surface area contributed by atoms with E-state index in [1.165, 1.54) is 11.1 Å². The highest BCUT2D eigenvalue weighted by Gasteiger charge is 2.15. The minimum atomic E-state index is -0.445. The van der Waals surface area contributed by atoms with Crippen LogP contribution in [0.5, 0.6) is 5.75 Å². The Bertz CT molecular complexity index is 1160. The smallest absolute Gasteiger partial charge is 0.266 e. The van der Waals surface area contributed by atoms with Crippen LogP contribution in [0.3, 0.4) is 0 Å². The minimum absolute atomic E-state index is 0.0482. The Kier molecular flexibility index (Phi) is 6.08. The molecule has 2 aromatic carbocycles. The fourth-order valence-electron chi connectivity index (χ4n) is 3.46. The third-order valence-electron chi connectivity index (χ3n) is 5.30. The first-order valence-corrected chi connectivity index (χ1v) is 9.68. The molecular formula is C25H25N3O2. The summed E-state index contributed by atoms with van der Waals surface area (Å²) in [5.41, 5.74) is 7.03. The maximum absolute atomic E-state index is 12.6. The van der Waals surface area contributed by atoms with E-state index in [4.69, 9.17) is 4.74 Å². The maximum atomic E-state index is 12.6. The van der Waals surface area contributed by atoms with Crippen LogP contribution in [-0.2, 0) is 4.79 Å². The van der Waals surface area contributed by atoms with Crippen molar-refractivity contribution >= 4 is 17.7 Å². The van der Waals surface area contributed by atoms with E-state index in [1.807, 2.05) is 32.0 Å². The van der Waals surface area contributed by atoms with E-state index < -0.39 is 5.91 Å². The lowest BCUT2D eigenvalue weighted by Crippen LogP contribution is -2.13. The number of amides is 1. The molecule has 0 fully saturated rings. The van der Waals surface area contributed by atoms with E-state index in [0.29, 0.717) is 11.4 Å². The molecule has 0 atom stereocenters. The summed E-state index contributed by atoms with van der Waals surface area (Å²) in [5, 5.41) is 12.3. The number of hydrogen-bond acceptors (Lipinski definition) is 3. The second-order valence-electron chi connectivity index (χ2n) is 7.23. The van der Waals surface area contributed by atoms with Crippen LogP contribution in [0, 0.1) is 39.0 Å². The Balaban J connectivity index is 1.93. The molecule has 0 aliphatic heterocycles. The van der Waals surface area contributed by atoms with Crippen molar-refractivity contribution in [1.29, 1.82) is 5.26 Å². The zero-order valence-electron chi connectivity index (χ0n) is 17.9. The average molecular weight is 399 g/mol. The van der Waals surface area contributed by atoms with Gasteiger partial charge in [0, 0.05) is 22.8 Å². The molecule has 0 bridgehead atoms. The van der Waals surface area contributed by atoms with Gasteiger partial charge in [0.2, 0.25) is 0 Å². The van der Waals surface area contributed by atoms with E-state index in [0.717, 1.165) is 22.6 Å². The van der Waals surface area contributed by atoms with Crippen LogP contribution in [0.2, 0.25) is 0 Å². The zero-order chi connectivity index (χ0) is 21.8. The molecule has 3 aromatic rings. The van der Waals surface area contributed by atoms with Crippen molar-refractivity contribution in [2.45, 2.75) is 27.7 Å². The molecule has 5 heteroatoms. The summed E-state index contributed by atoms with van der Waals surface area (Å²) < 4.78 is 7.28. The van der Waals surface area contributed by atoms with Gasteiger partial charge in [-0.2, -0.15) is 5.26 Å². The second-order valence-corrected chi connectivity index (χ2v) is 7.23. The van der Waals surface area contributed by atoms with Gasteiger partial charge in [-0.15, -0.1) is 0 Å². The Morgan fingerprint density at radius 3 is 2.43 bits per heavy atom. The number of benzene rings is 2. The highest BCUT2D eigenvalue weighted by Crippen LogP contribution is 2.26. The fraction of sp³-hybridized carbons (Fsp3) is 0.200. The van der Waals surface area contributed by atoms with E-state index in [1.54, 1.807) is 37.5 Å². The third kappa shape index (κ3) is 4.13. The predicted octanol–water partition coefficient (Wildman–Crippen LogP) is 5.27. The van der Waals surface area contributed by atoms with Gasteiger partial charge in [0.15, 0.2) is 0 Å². The first-order valence-electron chi connectivity index (χ1n) is 9.68. The molecule has 0 aliphatic rings. The molecule has 1 amide bonds. The van der Waals surface area contributed by atoms with Crippen molar-refractivity contribution < 1.29 is 9.53 Å². The summed E-state index contributed by atoms with van der Waals surface area (Å²) in [4.78, 5) is 12.6. The number of ether oxygens (including phenoxy) is 1. The lowest BCUT2D eigenvalue weighted by molar-refractivity contribution is -0.112. The van der Waals surface area contributed by atoms with Crippen LogP contribution in [0.4, 0.5) is 5.69 Å². The van der Waals surface area contributed by atoms with E-state index in [2.05, 4.69) is 35.9 Å². The van der Waals surface area contributed by atoms with Crippen LogP contribution in [0.15, 0.2) is 54.1 Å². The van der Waals surface area contributed by atoms with Gasteiger partial charge in [0.25, 0.3) is 5.91 Å². The molecule has 0 saturated carbocycles. The van der Waals surface area contributed by atoms with Gasteiger partial charge in [0.1, 0.15) is 17.4 Å². The molecule has 0 radical (unpaired) electrons. The van der Waals surface area contributed by atoms with E-state index in [9.17, 15) is 10.1 Å². The molecule has 1 N–H and O–H groups in total. The number of nitrogens with one attached hydrogen (secondary N) is 1. The molecule has 5 nitrogen and oxygen atoms in total. The number of carbonyl (C=O) groups excluding carboxylic acids is 1. The number of aromatic nitrogens is 1. The van der Waals surface area contributed by atoms with Crippen LogP contribution >= 0.6 is 0 Å². The first-order chi connectivity index (χ1) is 14.3. The maximum Gasteiger partial charge on any atom is 0.266 e. The lowest BCUT2D eigenvalue weighted by Gasteiger charge is -2.14. The molecule has 0 spiro atoms. The number of anilines is 1. The van der Waals surface area contributed by atoms with Crippen molar-refractivity contribution in [3.05, 3.63) is 82.2 Å². The molecule has 152 valence electrons. The monoisotopic (exact) mass is 399 g/mol. The van der Waals surface area contributed by atoms with Crippen LogP contribution < -0.4 is 10.1 Å². The number of aryl methyl sites for hydroxylation is 2. The molecule has 1 heterocycles. The van der Waals surface area contributed by atoms with Crippen molar-refractivity contribution in [2.24, 2.45) is 0 Å². The van der Waals surface area contributed by atoms with E-state index in [-0.39, 0.29) is 5.57 Å². The normalized spacial score (nSPS) is 11.1. The van der Waals surface area contributed by atoms with Gasteiger partial charge >= 0.3 is 0 Å². The summed E-state index contributed by atoms with van der Waals surface area (Å²) in [6.07, 6.45) is 1.64. The highest BCUT2D eigenvalue weighted by atomic mass is 16.5. The summed E-state index contributed by atoms with van der Waals surface area (Å²) >= 11 is 0. The minimum Gasteiger partial charge on any atom is -0.497 e. The standard InChI is InChI=1S/C25H25N3O2/c1-16-7-6-8-24(18(16)3)28-17(2)13-20(19(28)4)14-21(15-26)25(29)27-22-9-11-23(30-5)12-10-22/h6-14H,1-5H3,(H,27,29)/b21-14+. The summed E-state index contributed by atoms with van der Waals surface area (Å²) in [7, 11) is 1.58. The Morgan fingerprint density at radius 2 is 1.80 bits per heavy atom. The number of nitriles is 1. The SMILES string of the molecule is COc1ccc(NC(=O)/C(C#N)=C/c2cc(C)n(-c3cccc(C)c3C)c2C)cc1. The largest absolute Gasteiger partial charge is 0.497 e. The van der Waals surface area contributed by atoms with Crippen molar-refractivity contribution in [1.82, 2.24) is 4.57 Å². The molecular weight excluding hydrogens is 374 g/mol. The van der Waals surface area contributed by atoms with Crippen LogP contribution in [-0.4, -0.2) is 17.6 Å². The Labute approximate surface area is 177 Å². The zero-order valence-corrected chi connectivity index (χ0v) is 17.9. The van der Waals surface area contributed by atoms with Crippen molar-refractivity contribution in [3.63, 3.8) is 0 Å². The van der Waals surface area contributed by atoms with Gasteiger partial charge < -0.3 is 14.6 Å². The molecule has 30 heavy (non-hydrogen) atoms.